The maximum atomic E-state index is 11.3. The Balaban J connectivity index is 2.99. The number of benzene rings is 1. The highest BCUT2D eigenvalue weighted by molar-refractivity contribution is 5.97. The average Bonchev–Trinajstić information content (AvgIpc) is 2.30. The second kappa shape index (κ2) is 5.16. The first-order chi connectivity index (χ1) is 7.58. The van der Waals surface area contributed by atoms with Gasteiger partial charge < -0.3 is 15.8 Å². The predicted molar refractivity (Wildman–Crippen MR) is 61.1 cm³/mol. The first-order valence-corrected chi connectivity index (χ1v) is 4.86. The van der Waals surface area contributed by atoms with E-state index in [2.05, 4.69) is 10.1 Å². The Morgan fingerprint density at radius 3 is 2.69 bits per heavy atom. The molecule has 0 radical (unpaired) electrons. The van der Waals surface area contributed by atoms with Crippen molar-refractivity contribution in [2.24, 2.45) is 0 Å². The molecular formula is C11H14N2O3. The minimum absolute atomic E-state index is 0.159. The van der Waals surface area contributed by atoms with E-state index >= 15 is 0 Å². The highest BCUT2D eigenvalue weighted by Crippen LogP contribution is 2.20. The van der Waals surface area contributed by atoms with E-state index in [4.69, 9.17) is 5.73 Å². The standard InChI is InChI=1S/C11H14N2O3/c1-3-10(14)13-9-6-7(11(15)16-2)4-5-8(9)12/h4-6H,3,12H2,1-2H3,(H,13,14). The molecule has 0 saturated heterocycles. The zero-order chi connectivity index (χ0) is 12.1. The van der Waals surface area contributed by atoms with Crippen LogP contribution in [0.4, 0.5) is 11.4 Å². The van der Waals surface area contributed by atoms with Crippen molar-refractivity contribution in [1.29, 1.82) is 0 Å². The molecule has 0 aromatic heterocycles. The summed E-state index contributed by atoms with van der Waals surface area (Å²) in [5, 5.41) is 2.61. The minimum Gasteiger partial charge on any atom is -0.465 e. The number of anilines is 2. The lowest BCUT2D eigenvalue weighted by Crippen LogP contribution is -2.12. The number of nitrogens with one attached hydrogen (secondary N) is 1. The second-order valence-electron chi connectivity index (χ2n) is 3.20. The number of carbonyl (C=O) groups is 2. The summed E-state index contributed by atoms with van der Waals surface area (Å²) in [6.07, 6.45) is 0.349. The molecule has 0 bridgehead atoms. The molecule has 0 aliphatic rings. The summed E-state index contributed by atoms with van der Waals surface area (Å²) in [5.74, 6) is -0.624. The van der Waals surface area contributed by atoms with E-state index in [-0.39, 0.29) is 5.91 Å². The number of amides is 1. The van der Waals surface area contributed by atoms with E-state index in [0.717, 1.165) is 0 Å². The van der Waals surface area contributed by atoms with Crippen LogP contribution < -0.4 is 11.1 Å². The maximum Gasteiger partial charge on any atom is 0.337 e. The molecule has 0 spiro atoms. The van der Waals surface area contributed by atoms with E-state index < -0.39 is 5.97 Å². The maximum absolute atomic E-state index is 11.3. The van der Waals surface area contributed by atoms with Gasteiger partial charge in [0, 0.05) is 6.42 Å². The number of carbonyl (C=O) groups excluding carboxylic acids is 2. The molecule has 1 aromatic carbocycles. The number of methoxy groups -OCH3 is 1. The molecule has 0 unspecified atom stereocenters. The van der Waals surface area contributed by atoms with Gasteiger partial charge in [-0.15, -0.1) is 0 Å². The Kier molecular flexibility index (Phi) is 3.88. The topological polar surface area (TPSA) is 81.4 Å². The van der Waals surface area contributed by atoms with Gasteiger partial charge in [0.15, 0.2) is 0 Å². The van der Waals surface area contributed by atoms with Crippen LogP contribution in [0.5, 0.6) is 0 Å². The number of hydrogen-bond donors (Lipinski definition) is 2. The van der Waals surface area contributed by atoms with Gasteiger partial charge in [-0.3, -0.25) is 4.79 Å². The third-order valence-electron chi connectivity index (χ3n) is 2.07. The SMILES string of the molecule is CCC(=O)Nc1cc(C(=O)OC)ccc1N. The van der Waals surface area contributed by atoms with Crippen molar-refractivity contribution in [3.05, 3.63) is 23.8 Å². The van der Waals surface area contributed by atoms with Crippen LogP contribution in [0.15, 0.2) is 18.2 Å². The van der Waals surface area contributed by atoms with Gasteiger partial charge in [0.2, 0.25) is 5.91 Å². The molecule has 1 aromatic rings. The quantitative estimate of drug-likeness (QED) is 0.598. The zero-order valence-electron chi connectivity index (χ0n) is 9.24. The number of rotatable bonds is 3. The van der Waals surface area contributed by atoms with Crippen molar-refractivity contribution in [3.8, 4) is 0 Å². The molecular weight excluding hydrogens is 208 g/mol. The summed E-state index contributed by atoms with van der Waals surface area (Å²) in [5.41, 5.74) is 6.85. The van der Waals surface area contributed by atoms with Crippen molar-refractivity contribution >= 4 is 23.3 Å². The predicted octanol–water partition coefficient (Wildman–Crippen LogP) is 1.40. The molecule has 5 nitrogen and oxygen atoms in total. The number of nitrogen functional groups attached to an aromatic ring is 1. The van der Waals surface area contributed by atoms with Gasteiger partial charge in [0.05, 0.1) is 24.0 Å². The Morgan fingerprint density at radius 1 is 1.44 bits per heavy atom. The number of esters is 1. The number of nitrogens with two attached hydrogens (primary N) is 1. The van der Waals surface area contributed by atoms with Gasteiger partial charge >= 0.3 is 5.97 Å². The van der Waals surface area contributed by atoms with Crippen molar-refractivity contribution in [1.82, 2.24) is 0 Å². The molecule has 16 heavy (non-hydrogen) atoms. The lowest BCUT2D eigenvalue weighted by atomic mass is 10.1. The minimum atomic E-state index is -0.466. The van der Waals surface area contributed by atoms with E-state index in [1.165, 1.54) is 13.2 Å². The lowest BCUT2D eigenvalue weighted by molar-refractivity contribution is -0.115. The largest absolute Gasteiger partial charge is 0.465 e. The fourth-order valence-electron chi connectivity index (χ4n) is 1.15. The summed E-state index contributed by atoms with van der Waals surface area (Å²) in [6, 6.07) is 4.59. The summed E-state index contributed by atoms with van der Waals surface area (Å²) >= 11 is 0. The first-order valence-electron chi connectivity index (χ1n) is 4.86. The Morgan fingerprint density at radius 2 is 2.12 bits per heavy atom. The third kappa shape index (κ3) is 2.73. The summed E-state index contributed by atoms with van der Waals surface area (Å²) in [6.45, 7) is 1.73. The van der Waals surface area contributed by atoms with Gasteiger partial charge in [-0.2, -0.15) is 0 Å². The fraction of sp³-hybridized carbons (Fsp3) is 0.273. The summed E-state index contributed by atoms with van der Waals surface area (Å²) in [7, 11) is 1.29. The smallest absolute Gasteiger partial charge is 0.337 e. The molecule has 1 rings (SSSR count). The summed E-state index contributed by atoms with van der Waals surface area (Å²) < 4.78 is 4.57. The Hall–Kier alpha value is -2.04. The molecule has 0 atom stereocenters. The molecule has 1 amide bonds. The van der Waals surface area contributed by atoms with Crippen LogP contribution in [0, 0.1) is 0 Å². The Bertz CT molecular complexity index is 416. The van der Waals surface area contributed by atoms with Crippen LogP contribution in [0.3, 0.4) is 0 Å². The van der Waals surface area contributed by atoms with Crippen molar-refractivity contribution in [2.75, 3.05) is 18.2 Å². The number of ether oxygens (including phenoxy) is 1. The highest BCUT2D eigenvalue weighted by atomic mass is 16.5. The van der Waals surface area contributed by atoms with E-state index in [1.807, 2.05) is 0 Å². The van der Waals surface area contributed by atoms with Gasteiger partial charge in [-0.05, 0) is 18.2 Å². The van der Waals surface area contributed by atoms with E-state index in [9.17, 15) is 9.59 Å². The van der Waals surface area contributed by atoms with E-state index in [0.29, 0.717) is 23.4 Å². The van der Waals surface area contributed by atoms with Crippen LogP contribution >= 0.6 is 0 Å². The van der Waals surface area contributed by atoms with Crippen LogP contribution in [0.2, 0.25) is 0 Å². The van der Waals surface area contributed by atoms with Gasteiger partial charge in [0.1, 0.15) is 0 Å². The Labute approximate surface area is 93.6 Å². The van der Waals surface area contributed by atoms with Gasteiger partial charge in [-0.1, -0.05) is 6.92 Å². The lowest BCUT2D eigenvalue weighted by Gasteiger charge is -2.08. The van der Waals surface area contributed by atoms with E-state index in [1.54, 1.807) is 19.1 Å². The van der Waals surface area contributed by atoms with Crippen molar-refractivity contribution in [2.45, 2.75) is 13.3 Å². The van der Waals surface area contributed by atoms with Crippen molar-refractivity contribution < 1.29 is 14.3 Å². The highest BCUT2D eigenvalue weighted by Gasteiger charge is 2.09. The fourth-order valence-corrected chi connectivity index (χ4v) is 1.15. The molecule has 5 heteroatoms. The van der Waals surface area contributed by atoms with Crippen LogP contribution in [-0.2, 0) is 9.53 Å². The van der Waals surface area contributed by atoms with Crippen LogP contribution in [-0.4, -0.2) is 19.0 Å². The second-order valence-corrected chi connectivity index (χ2v) is 3.20. The van der Waals surface area contributed by atoms with Gasteiger partial charge in [0.25, 0.3) is 0 Å². The molecule has 0 heterocycles. The number of hydrogen-bond acceptors (Lipinski definition) is 4. The molecule has 0 fully saturated rings. The molecule has 0 saturated carbocycles. The monoisotopic (exact) mass is 222 g/mol. The van der Waals surface area contributed by atoms with Gasteiger partial charge in [-0.25, -0.2) is 4.79 Å². The molecule has 0 aliphatic heterocycles. The third-order valence-corrected chi connectivity index (χ3v) is 2.07. The van der Waals surface area contributed by atoms with Crippen LogP contribution in [0.25, 0.3) is 0 Å². The molecule has 86 valence electrons. The zero-order valence-corrected chi connectivity index (χ0v) is 9.24. The van der Waals surface area contributed by atoms with Crippen LogP contribution in [0.1, 0.15) is 23.7 Å². The molecule has 3 N–H and O–H groups in total. The summed E-state index contributed by atoms with van der Waals surface area (Å²) in [4.78, 5) is 22.5. The molecule has 0 aliphatic carbocycles. The van der Waals surface area contributed by atoms with Crippen molar-refractivity contribution in [3.63, 3.8) is 0 Å². The normalized spacial score (nSPS) is 9.62. The first kappa shape index (κ1) is 12.0. The average molecular weight is 222 g/mol.